The van der Waals surface area contributed by atoms with Crippen molar-refractivity contribution in [1.29, 1.82) is 0 Å². The lowest BCUT2D eigenvalue weighted by atomic mass is 9.87. The second-order valence-corrected chi connectivity index (χ2v) is 8.48. The smallest absolute Gasteiger partial charge is 0.352 e. The highest BCUT2D eigenvalue weighted by Crippen LogP contribution is 2.33. The Morgan fingerprint density at radius 3 is 2.56 bits per heavy atom. The highest BCUT2D eigenvalue weighted by Gasteiger charge is 2.31. The third-order valence-electron chi connectivity index (χ3n) is 6.32. The Labute approximate surface area is 185 Å². The fraction of sp³-hybridized carbons (Fsp3) is 0.360. The molecule has 168 valence electrons. The van der Waals surface area contributed by atoms with Crippen LogP contribution >= 0.6 is 0 Å². The minimum absolute atomic E-state index is 0.169. The molecule has 1 aliphatic heterocycles. The van der Waals surface area contributed by atoms with Crippen molar-refractivity contribution in [3.8, 4) is 11.1 Å². The molecule has 4 rings (SSSR count). The number of rotatable bonds is 6. The van der Waals surface area contributed by atoms with Crippen LogP contribution < -0.4 is 5.32 Å². The van der Waals surface area contributed by atoms with Crippen LogP contribution in [0.1, 0.15) is 29.8 Å². The number of pyridine rings is 1. The van der Waals surface area contributed by atoms with Crippen LogP contribution in [0.25, 0.3) is 22.0 Å². The number of likely N-dealkylation sites (tertiary alicyclic amines) is 1. The van der Waals surface area contributed by atoms with Gasteiger partial charge in [-0.05, 0) is 42.1 Å². The summed E-state index contributed by atoms with van der Waals surface area (Å²) < 4.78 is 38.6. The van der Waals surface area contributed by atoms with E-state index in [9.17, 15) is 18.0 Å². The first kappa shape index (κ1) is 22.3. The zero-order valence-electron chi connectivity index (χ0n) is 18.1. The van der Waals surface area contributed by atoms with E-state index in [4.69, 9.17) is 0 Å². The van der Waals surface area contributed by atoms with Gasteiger partial charge in [-0.25, -0.2) is 0 Å². The Bertz CT molecular complexity index is 1110. The molecule has 1 atom stereocenters. The average molecular weight is 441 g/mol. The Morgan fingerprint density at radius 1 is 1.19 bits per heavy atom. The third-order valence-corrected chi connectivity index (χ3v) is 6.32. The Kier molecular flexibility index (Phi) is 6.20. The number of hydrogen-bond donors (Lipinski definition) is 1. The molecule has 1 N–H and O–H groups in total. The second-order valence-electron chi connectivity index (χ2n) is 8.48. The van der Waals surface area contributed by atoms with E-state index in [0.29, 0.717) is 35.0 Å². The number of alkyl halides is 3. The number of nitrogens with one attached hydrogen (secondary N) is 1. The Morgan fingerprint density at radius 2 is 1.91 bits per heavy atom. The maximum atomic E-state index is 12.9. The van der Waals surface area contributed by atoms with Crippen LogP contribution in [-0.2, 0) is 6.18 Å². The molecule has 2 heterocycles. The number of aromatic nitrogens is 1. The predicted molar refractivity (Wildman–Crippen MR) is 119 cm³/mol. The van der Waals surface area contributed by atoms with Gasteiger partial charge in [0.15, 0.2) is 0 Å². The molecule has 7 heteroatoms. The zero-order valence-corrected chi connectivity index (χ0v) is 18.1. The van der Waals surface area contributed by atoms with E-state index >= 15 is 0 Å². The second kappa shape index (κ2) is 8.90. The lowest BCUT2D eigenvalue weighted by Crippen LogP contribution is -2.51. The van der Waals surface area contributed by atoms with Crippen molar-refractivity contribution in [2.75, 3.05) is 26.2 Å². The summed E-state index contributed by atoms with van der Waals surface area (Å²) in [6.07, 6.45) is -2.85. The van der Waals surface area contributed by atoms with Crippen LogP contribution in [0.15, 0.2) is 54.7 Å². The molecule has 3 aromatic rings. The molecule has 2 aromatic carbocycles. The van der Waals surface area contributed by atoms with Gasteiger partial charge in [0.1, 0.15) is 0 Å². The van der Waals surface area contributed by atoms with Crippen molar-refractivity contribution in [3.05, 3.63) is 65.9 Å². The van der Waals surface area contributed by atoms with E-state index in [1.165, 1.54) is 18.3 Å². The lowest BCUT2D eigenvalue weighted by Gasteiger charge is -2.42. The van der Waals surface area contributed by atoms with Gasteiger partial charge in [-0.3, -0.25) is 9.78 Å². The summed E-state index contributed by atoms with van der Waals surface area (Å²) in [7, 11) is 0. The van der Waals surface area contributed by atoms with Crippen LogP contribution in [-0.4, -0.2) is 42.0 Å². The van der Waals surface area contributed by atoms with Gasteiger partial charge in [0.2, 0.25) is 0 Å². The number of carbonyl (C=O) groups is 1. The average Bonchev–Trinajstić information content (AvgIpc) is 2.75. The van der Waals surface area contributed by atoms with Gasteiger partial charge in [0.05, 0.1) is 16.6 Å². The fourth-order valence-corrected chi connectivity index (χ4v) is 4.11. The summed E-state index contributed by atoms with van der Waals surface area (Å²) in [6, 6.07) is 12.3. The van der Waals surface area contributed by atoms with E-state index in [1.807, 2.05) is 18.2 Å². The predicted octanol–water partition coefficient (Wildman–Crippen LogP) is 5.24. The Balaban J connectivity index is 1.48. The number of hydrogen-bond acceptors (Lipinski definition) is 3. The standard InChI is InChI=1S/C25H26F3N3O/c1-3-31-14-20(15-31)16(2)12-30-24(32)19-11-18-5-4-6-22(23(18)29-13-19)17-7-9-21(10-8-17)25(26,27)28/h4-11,13,16,20H,3,12,14-15H2,1-2H3,(H,30,32)/t16-/m0/s1. The lowest BCUT2D eigenvalue weighted by molar-refractivity contribution is -0.137. The SMILES string of the molecule is CCN1CC([C@@H](C)CNC(=O)c2cnc3c(-c4ccc(C(F)(F)F)cc4)cccc3c2)C1. The topological polar surface area (TPSA) is 45.2 Å². The number of benzene rings is 2. The first-order chi connectivity index (χ1) is 15.3. The molecule has 0 radical (unpaired) electrons. The van der Waals surface area contributed by atoms with E-state index in [-0.39, 0.29) is 5.91 Å². The van der Waals surface area contributed by atoms with Crippen molar-refractivity contribution in [2.24, 2.45) is 11.8 Å². The molecule has 0 spiro atoms. The van der Waals surface area contributed by atoms with Crippen molar-refractivity contribution in [3.63, 3.8) is 0 Å². The van der Waals surface area contributed by atoms with E-state index in [2.05, 4.69) is 29.0 Å². The quantitative estimate of drug-likeness (QED) is 0.569. The third kappa shape index (κ3) is 4.63. The van der Waals surface area contributed by atoms with E-state index in [1.54, 1.807) is 6.07 Å². The van der Waals surface area contributed by atoms with E-state index in [0.717, 1.165) is 42.7 Å². The maximum Gasteiger partial charge on any atom is 0.416 e. The highest BCUT2D eigenvalue weighted by molar-refractivity contribution is 6.00. The van der Waals surface area contributed by atoms with Crippen molar-refractivity contribution < 1.29 is 18.0 Å². The molecular weight excluding hydrogens is 415 g/mol. The first-order valence-electron chi connectivity index (χ1n) is 10.8. The zero-order chi connectivity index (χ0) is 22.9. The van der Waals surface area contributed by atoms with Gasteiger partial charge in [-0.1, -0.05) is 44.2 Å². The summed E-state index contributed by atoms with van der Waals surface area (Å²) in [6.45, 7) is 8.15. The molecule has 0 aliphatic carbocycles. The molecule has 32 heavy (non-hydrogen) atoms. The normalized spacial score (nSPS) is 16.0. The minimum Gasteiger partial charge on any atom is -0.352 e. The van der Waals surface area contributed by atoms with E-state index < -0.39 is 11.7 Å². The van der Waals surface area contributed by atoms with Crippen LogP contribution in [0.5, 0.6) is 0 Å². The molecule has 1 saturated heterocycles. The molecule has 0 unspecified atom stereocenters. The molecule has 0 saturated carbocycles. The monoisotopic (exact) mass is 441 g/mol. The van der Waals surface area contributed by atoms with Gasteiger partial charge in [-0.15, -0.1) is 0 Å². The van der Waals surface area contributed by atoms with Gasteiger partial charge in [-0.2, -0.15) is 13.2 Å². The number of para-hydroxylation sites is 1. The van der Waals surface area contributed by atoms with Crippen molar-refractivity contribution >= 4 is 16.8 Å². The van der Waals surface area contributed by atoms with Crippen molar-refractivity contribution in [2.45, 2.75) is 20.0 Å². The van der Waals surface area contributed by atoms with Crippen LogP contribution in [0.2, 0.25) is 0 Å². The summed E-state index contributed by atoms with van der Waals surface area (Å²) in [5.41, 5.74) is 1.79. The number of amides is 1. The minimum atomic E-state index is -4.37. The number of nitrogens with zero attached hydrogens (tertiary/aromatic N) is 2. The number of carbonyl (C=O) groups excluding carboxylic acids is 1. The highest BCUT2D eigenvalue weighted by atomic mass is 19.4. The van der Waals surface area contributed by atoms with Crippen LogP contribution in [0.4, 0.5) is 13.2 Å². The Hall–Kier alpha value is -2.93. The molecule has 1 amide bonds. The largest absolute Gasteiger partial charge is 0.416 e. The first-order valence-corrected chi connectivity index (χ1v) is 10.8. The summed E-state index contributed by atoms with van der Waals surface area (Å²) in [5.74, 6) is 0.843. The van der Waals surface area contributed by atoms with Gasteiger partial charge in [0.25, 0.3) is 5.91 Å². The summed E-state index contributed by atoms with van der Waals surface area (Å²) in [5, 5.41) is 3.77. The molecule has 4 nitrogen and oxygen atoms in total. The van der Waals surface area contributed by atoms with Crippen LogP contribution in [0.3, 0.4) is 0 Å². The molecule has 1 aromatic heterocycles. The van der Waals surface area contributed by atoms with Gasteiger partial charge >= 0.3 is 6.18 Å². The van der Waals surface area contributed by atoms with Gasteiger partial charge < -0.3 is 10.2 Å². The fourth-order valence-electron chi connectivity index (χ4n) is 4.11. The summed E-state index contributed by atoms with van der Waals surface area (Å²) in [4.78, 5) is 19.5. The van der Waals surface area contributed by atoms with Crippen molar-refractivity contribution in [1.82, 2.24) is 15.2 Å². The summed E-state index contributed by atoms with van der Waals surface area (Å²) >= 11 is 0. The van der Waals surface area contributed by atoms with Gasteiger partial charge in [0, 0.05) is 36.8 Å². The molecule has 1 aliphatic rings. The number of halogens is 3. The van der Waals surface area contributed by atoms with Crippen LogP contribution in [0, 0.1) is 11.8 Å². The molecular formula is C25H26F3N3O. The molecule has 1 fully saturated rings. The molecule has 0 bridgehead atoms. The maximum absolute atomic E-state index is 12.9. The number of fused-ring (bicyclic) bond motifs is 1.